The van der Waals surface area contributed by atoms with Crippen LogP contribution in [0.25, 0.3) is 0 Å². The summed E-state index contributed by atoms with van der Waals surface area (Å²) in [5.74, 6) is 1.17. The van der Waals surface area contributed by atoms with Gasteiger partial charge in [0.25, 0.3) is 0 Å². The maximum Gasteiger partial charge on any atom is 0.102 e. The molecule has 4 heteroatoms. The van der Waals surface area contributed by atoms with Crippen LogP contribution in [-0.2, 0) is 9.22 Å². The van der Waals surface area contributed by atoms with Crippen molar-refractivity contribution >= 4 is 21.9 Å². The van der Waals surface area contributed by atoms with E-state index in [1.807, 2.05) is 0 Å². The van der Waals surface area contributed by atoms with Crippen LogP contribution < -0.4 is 0 Å². The van der Waals surface area contributed by atoms with Crippen LogP contribution in [0, 0.1) is 0 Å². The first kappa shape index (κ1) is 13.7. The van der Waals surface area contributed by atoms with E-state index in [9.17, 15) is 0 Å². The molecule has 0 saturated carbocycles. The maximum atomic E-state index is 5.05. The predicted octanol–water partition coefficient (Wildman–Crippen LogP) is 4.76. The van der Waals surface area contributed by atoms with Gasteiger partial charge in [0.1, 0.15) is 11.1 Å². The minimum atomic E-state index is 0.744. The Labute approximate surface area is 101 Å². The third kappa shape index (κ3) is 9.54. The van der Waals surface area contributed by atoms with Crippen LogP contribution in [0.5, 0.6) is 0 Å². The first-order valence-electron chi connectivity index (χ1n) is 6.08. The minimum absolute atomic E-state index is 0.744. The van der Waals surface area contributed by atoms with Crippen LogP contribution in [0.15, 0.2) is 0 Å². The first-order valence-corrected chi connectivity index (χ1v) is 8.32. The average Bonchev–Trinajstić information content (AvgIpc) is 2.27. The zero-order valence-electron chi connectivity index (χ0n) is 9.41. The molecule has 0 aromatic carbocycles. The van der Waals surface area contributed by atoms with Crippen molar-refractivity contribution in [2.45, 2.75) is 57.8 Å². The molecule has 1 aliphatic rings. The van der Waals surface area contributed by atoms with E-state index in [1.54, 1.807) is 10.8 Å². The Hall–Kier alpha value is 0.620. The Morgan fingerprint density at radius 2 is 1.27 bits per heavy atom. The van der Waals surface area contributed by atoms with Crippen LogP contribution in [0.3, 0.4) is 0 Å². The lowest BCUT2D eigenvalue weighted by Crippen LogP contribution is -1.91. The molecule has 0 spiro atoms. The van der Waals surface area contributed by atoms with Gasteiger partial charge in [-0.3, -0.25) is 0 Å². The second-order valence-electron chi connectivity index (χ2n) is 3.96. The molecule has 0 radical (unpaired) electrons. The van der Waals surface area contributed by atoms with Crippen molar-refractivity contribution < 1.29 is 9.22 Å². The van der Waals surface area contributed by atoms with Gasteiger partial charge in [0, 0.05) is 5.75 Å². The molecule has 0 bridgehead atoms. The summed E-state index contributed by atoms with van der Waals surface area (Å²) in [6.07, 6.45) is 12.1. The molecule has 0 amide bonds. The molecule has 0 unspecified atom stereocenters. The van der Waals surface area contributed by atoms with E-state index in [0.29, 0.717) is 0 Å². The highest BCUT2D eigenvalue weighted by atomic mass is 33.1. The molecule has 0 aromatic rings. The van der Waals surface area contributed by atoms with Gasteiger partial charge in [-0.2, -0.15) is 4.33 Å². The van der Waals surface area contributed by atoms with Gasteiger partial charge >= 0.3 is 0 Å². The molecule has 2 nitrogen and oxygen atoms in total. The quantitative estimate of drug-likeness (QED) is 0.350. The number of rotatable bonds is 0. The van der Waals surface area contributed by atoms with E-state index in [0.717, 1.165) is 13.0 Å². The van der Waals surface area contributed by atoms with Gasteiger partial charge in [-0.15, -0.1) is 0 Å². The molecule has 90 valence electrons. The van der Waals surface area contributed by atoms with Crippen LogP contribution in [-0.4, -0.2) is 12.4 Å². The average molecular weight is 250 g/mol. The summed E-state index contributed by atoms with van der Waals surface area (Å²) in [6.45, 7) is 0.744. The molecule has 15 heavy (non-hydrogen) atoms. The topological polar surface area (TPSA) is 18.5 Å². The van der Waals surface area contributed by atoms with Crippen LogP contribution in [0.2, 0.25) is 0 Å². The Kier molecular flexibility index (Phi) is 10.1. The van der Waals surface area contributed by atoms with Crippen molar-refractivity contribution in [1.29, 1.82) is 0 Å². The predicted molar refractivity (Wildman–Crippen MR) is 68.6 cm³/mol. The first-order chi connectivity index (χ1) is 7.50. The smallest absolute Gasteiger partial charge is 0.102 e. The highest BCUT2D eigenvalue weighted by molar-refractivity contribution is 8.74. The van der Waals surface area contributed by atoms with Crippen molar-refractivity contribution in [1.82, 2.24) is 0 Å². The molecule has 0 aromatic heterocycles. The van der Waals surface area contributed by atoms with Gasteiger partial charge < -0.3 is 0 Å². The van der Waals surface area contributed by atoms with Crippen molar-refractivity contribution in [3.8, 4) is 0 Å². The molecule has 1 heterocycles. The van der Waals surface area contributed by atoms with E-state index in [1.165, 1.54) is 68.2 Å². The molecule has 0 atom stereocenters. The third-order valence-corrected chi connectivity index (χ3v) is 4.24. The Morgan fingerprint density at radius 1 is 0.667 bits per heavy atom. The Bertz CT molecular complexity index is 75.2. The normalized spacial score (nSPS) is 24.0. The van der Waals surface area contributed by atoms with Crippen molar-refractivity contribution in [3.63, 3.8) is 0 Å². The molecule has 1 rings (SSSR count). The summed E-state index contributed by atoms with van der Waals surface area (Å²) in [4.78, 5) is 5.05. The standard InChI is InChI=1S/C11H22O2S2/c1-2-4-6-8-10-12-13-15-14-11-9-7-5-3-1/h1-11H2. The van der Waals surface area contributed by atoms with E-state index in [2.05, 4.69) is 0 Å². The molecule has 0 N–H and O–H groups in total. The fourth-order valence-electron chi connectivity index (χ4n) is 1.67. The lowest BCUT2D eigenvalue weighted by atomic mass is 10.1. The monoisotopic (exact) mass is 250 g/mol. The number of hydrogen-bond acceptors (Lipinski definition) is 4. The molecule has 1 aliphatic heterocycles. The summed E-state index contributed by atoms with van der Waals surface area (Å²) in [6, 6.07) is 0. The Balaban J connectivity index is 2.01. The fraction of sp³-hybridized carbons (Fsp3) is 1.00. The van der Waals surface area contributed by atoms with Crippen molar-refractivity contribution in [2.75, 3.05) is 12.4 Å². The van der Waals surface area contributed by atoms with Gasteiger partial charge in [-0.05, 0) is 12.8 Å². The number of hydrogen-bond donors (Lipinski definition) is 0. The molecular weight excluding hydrogens is 228 g/mol. The molecule has 0 aliphatic carbocycles. The maximum absolute atomic E-state index is 5.05. The fourth-order valence-corrected chi connectivity index (χ4v) is 3.00. The molecule has 1 saturated heterocycles. The third-order valence-electron chi connectivity index (χ3n) is 2.58. The van der Waals surface area contributed by atoms with E-state index < -0.39 is 0 Å². The summed E-state index contributed by atoms with van der Waals surface area (Å²) < 4.78 is 4.99. The zero-order valence-corrected chi connectivity index (χ0v) is 11.0. The Morgan fingerprint density at radius 3 is 2.00 bits per heavy atom. The van der Waals surface area contributed by atoms with Crippen LogP contribution in [0.4, 0.5) is 0 Å². The van der Waals surface area contributed by atoms with E-state index in [-0.39, 0.29) is 0 Å². The van der Waals surface area contributed by atoms with Gasteiger partial charge in [-0.1, -0.05) is 55.7 Å². The highest BCUT2D eigenvalue weighted by Gasteiger charge is 1.97. The lowest BCUT2D eigenvalue weighted by Gasteiger charge is -2.01. The SMILES string of the molecule is C1CCCCCOOSSCCCCC1. The minimum Gasteiger partial charge on any atom is -0.224 e. The summed E-state index contributed by atoms with van der Waals surface area (Å²) in [7, 11) is 1.75. The largest absolute Gasteiger partial charge is 0.224 e. The lowest BCUT2D eigenvalue weighted by molar-refractivity contribution is -0.189. The van der Waals surface area contributed by atoms with Gasteiger partial charge in [-0.25, -0.2) is 4.89 Å². The summed E-state index contributed by atoms with van der Waals surface area (Å²) >= 11 is 1.38. The van der Waals surface area contributed by atoms with E-state index >= 15 is 0 Å². The molecule has 1 fully saturated rings. The molecular formula is C11H22O2S2. The second-order valence-corrected chi connectivity index (χ2v) is 5.99. The van der Waals surface area contributed by atoms with Gasteiger partial charge in [0.05, 0.1) is 6.61 Å². The summed E-state index contributed by atoms with van der Waals surface area (Å²) in [5.41, 5.74) is 0. The van der Waals surface area contributed by atoms with Crippen LogP contribution in [0.1, 0.15) is 57.8 Å². The highest BCUT2D eigenvalue weighted by Crippen LogP contribution is 2.24. The van der Waals surface area contributed by atoms with Gasteiger partial charge in [0.2, 0.25) is 0 Å². The second kappa shape index (κ2) is 11.1. The van der Waals surface area contributed by atoms with Crippen molar-refractivity contribution in [2.24, 2.45) is 0 Å². The zero-order chi connectivity index (χ0) is 10.6. The van der Waals surface area contributed by atoms with Gasteiger partial charge in [0.15, 0.2) is 0 Å². The van der Waals surface area contributed by atoms with E-state index in [4.69, 9.17) is 9.22 Å². The van der Waals surface area contributed by atoms with Crippen molar-refractivity contribution in [3.05, 3.63) is 0 Å². The van der Waals surface area contributed by atoms with Crippen LogP contribution >= 0.6 is 21.9 Å². The summed E-state index contributed by atoms with van der Waals surface area (Å²) in [5, 5.41) is 0.